The highest BCUT2D eigenvalue weighted by Crippen LogP contribution is 2.14. The number of carbonyl (C=O) groups is 1. The molecule has 2 aromatic carbocycles. The van der Waals surface area contributed by atoms with Crippen LogP contribution < -0.4 is 5.43 Å². The summed E-state index contributed by atoms with van der Waals surface area (Å²) < 4.78 is 5.20. The number of anilines is 1. The lowest BCUT2D eigenvalue weighted by atomic mass is 10.2. The average Bonchev–Trinajstić information content (AvgIpc) is 3.15. The number of hydrogen-bond donors (Lipinski definition) is 2. The number of nitrogens with one attached hydrogen (secondary N) is 2. The molecule has 0 aliphatic heterocycles. The van der Waals surface area contributed by atoms with Crippen molar-refractivity contribution < 1.29 is 9.53 Å². The van der Waals surface area contributed by atoms with E-state index in [9.17, 15) is 4.79 Å². The molecule has 0 fully saturated rings. The maximum absolute atomic E-state index is 11.8. The smallest absolute Gasteiger partial charge is 0.316 e. The summed E-state index contributed by atoms with van der Waals surface area (Å²) in [6, 6.07) is 16.8. The molecule has 7 nitrogen and oxygen atoms in total. The Kier molecular flexibility index (Phi) is 6.84. The van der Waals surface area contributed by atoms with Gasteiger partial charge in [-0.15, -0.1) is 5.10 Å². The van der Waals surface area contributed by atoms with E-state index in [0.29, 0.717) is 16.1 Å². The summed E-state index contributed by atoms with van der Waals surface area (Å²) in [6.45, 7) is 0.250. The Bertz CT molecular complexity index is 900. The summed E-state index contributed by atoms with van der Waals surface area (Å²) in [4.78, 5) is 16.0. The van der Waals surface area contributed by atoms with Gasteiger partial charge in [0.15, 0.2) is 0 Å². The van der Waals surface area contributed by atoms with Gasteiger partial charge in [0.1, 0.15) is 6.61 Å². The molecule has 138 valence electrons. The van der Waals surface area contributed by atoms with Crippen molar-refractivity contribution >= 4 is 41.5 Å². The van der Waals surface area contributed by atoms with Gasteiger partial charge < -0.3 is 4.74 Å². The molecule has 0 unspecified atom stereocenters. The Balaban J connectivity index is 1.41. The minimum atomic E-state index is -0.330. The SMILES string of the molecule is O=C(CSc1n[nH]c(N/N=C\c2ccc(Cl)cc2)n1)OCc1ccccc1. The molecule has 3 rings (SSSR count). The van der Waals surface area contributed by atoms with Gasteiger partial charge in [0.2, 0.25) is 11.1 Å². The number of aromatic nitrogens is 3. The van der Waals surface area contributed by atoms with Gasteiger partial charge in [-0.25, -0.2) is 10.5 Å². The van der Waals surface area contributed by atoms with Crippen LogP contribution >= 0.6 is 23.4 Å². The predicted molar refractivity (Wildman–Crippen MR) is 106 cm³/mol. The standard InChI is InChI=1S/C18H16ClN5O2S/c19-15-8-6-13(7-9-15)10-20-22-17-21-18(24-23-17)27-12-16(25)26-11-14-4-2-1-3-5-14/h1-10H,11-12H2,(H2,21,22,23,24)/b20-10-. The summed E-state index contributed by atoms with van der Waals surface area (Å²) >= 11 is 7.01. The van der Waals surface area contributed by atoms with Crippen molar-refractivity contribution in [1.29, 1.82) is 0 Å². The Morgan fingerprint density at radius 3 is 2.78 bits per heavy atom. The second-order valence-electron chi connectivity index (χ2n) is 5.32. The van der Waals surface area contributed by atoms with Crippen LogP contribution in [0.2, 0.25) is 5.02 Å². The van der Waals surface area contributed by atoms with Crippen LogP contribution in [0.5, 0.6) is 0 Å². The second kappa shape index (κ2) is 9.75. The molecule has 0 radical (unpaired) electrons. The quantitative estimate of drug-likeness (QED) is 0.258. The summed E-state index contributed by atoms with van der Waals surface area (Å²) in [5.41, 5.74) is 4.57. The van der Waals surface area contributed by atoms with E-state index in [2.05, 4.69) is 25.7 Å². The Hall–Kier alpha value is -2.84. The van der Waals surface area contributed by atoms with Crippen LogP contribution in [-0.2, 0) is 16.1 Å². The molecule has 1 heterocycles. The van der Waals surface area contributed by atoms with E-state index in [-0.39, 0.29) is 18.3 Å². The number of thioether (sulfide) groups is 1. The summed E-state index contributed by atoms with van der Waals surface area (Å²) in [5.74, 6) is 0.169. The largest absolute Gasteiger partial charge is 0.460 e. The van der Waals surface area contributed by atoms with Crippen LogP contribution in [0.1, 0.15) is 11.1 Å². The number of esters is 1. The average molecular weight is 402 g/mol. The molecule has 0 amide bonds. The van der Waals surface area contributed by atoms with Crippen molar-refractivity contribution in [2.75, 3.05) is 11.2 Å². The molecule has 0 aliphatic carbocycles. The van der Waals surface area contributed by atoms with Crippen molar-refractivity contribution in [2.24, 2.45) is 5.10 Å². The van der Waals surface area contributed by atoms with E-state index >= 15 is 0 Å². The van der Waals surface area contributed by atoms with Crippen LogP contribution in [0.15, 0.2) is 64.9 Å². The Labute approximate surface area is 165 Å². The van der Waals surface area contributed by atoms with Gasteiger partial charge in [-0.2, -0.15) is 10.1 Å². The number of aromatic amines is 1. The van der Waals surface area contributed by atoms with Gasteiger partial charge >= 0.3 is 5.97 Å². The minimum Gasteiger partial charge on any atom is -0.460 e. The molecule has 0 saturated heterocycles. The maximum Gasteiger partial charge on any atom is 0.316 e. The molecular formula is C18H16ClN5O2S. The molecule has 9 heteroatoms. The van der Waals surface area contributed by atoms with E-state index < -0.39 is 0 Å². The first-order chi connectivity index (χ1) is 13.2. The molecule has 1 aromatic heterocycles. The molecule has 0 aliphatic rings. The molecular weight excluding hydrogens is 386 g/mol. The van der Waals surface area contributed by atoms with E-state index in [0.717, 1.165) is 11.1 Å². The lowest BCUT2D eigenvalue weighted by Crippen LogP contribution is -2.07. The van der Waals surface area contributed by atoms with E-state index in [1.165, 1.54) is 11.8 Å². The topological polar surface area (TPSA) is 92.3 Å². The van der Waals surface area contributed by atoms with Crippen molar-refractivity contribution in [3.05, 3.63) is 70.7 Å². The van der Waals surface area contributed by atoms with Crippen molar-refractivity contribution in [2.45, 2.75) is 11.8 Å². The Morgan fingerprint density at radius 2 is 2.00 bits per heavy atom. The van der Waals surface area contributed by atoms with Gasteiger partial charge in [0, 0.05) is 5.02 Å². The molecule has 0 bridgehead atoms. The van der Waals surface area contributed by atoms with Gasteiger partial charge in [-0.3, -0.25) is 4.79 Å². The van der Waals surface area contributed by atoms with Gasteiger partial charge in [-0.1, -0.05) is 65.8 Å². The van der Waals surface area contributed by atoms with Crippen molar-refractivity contribution in [3.63, 3.8) is 0 Å². The first-order valence-corrected chi connectivity index (χ1v) is 9.35. The molecule has 27 heavy (non-hydrogen) atoms. The third-order valence-corrected chi connectivity index (χ3v) is 4.35. The number of carbonyl (C=O) groups excluding carboxylic acids is 1. The van der Waals surface area contributed by atoms with E-state index in [4.69, 9.17) is 16.3 Å². The first kappa shape index (κ1) is 18.9. The summed E-state index contributed by atoms with van der Waals surface area (Å²) in [5, 5.41) is 11.9. The maximum atomic E-state index is 11.8. The number of H-pyrrole nitrogens is 1. The van der Waals surface area contributed by atoms with Gasteiger partial charge in [-0.05, 0) is 23.3 Å². The van der Waals surface area contributed by atoms with Crippen LogP contribution in [0, 0.1) is 0 Å². The monoisotopic (exact) mass is 401 g/mol. The highest BCUT2D eigenvalue weighted by Gasteiger charge is 2.08. The van der Waals surface area contributed by atoms with E-state index in [1.54, 1.807) is 18.3 Å². The highest BCUT2D eigenvalue weighted by molar-refractivity contribution is 7.99. The fourth-order valence-corrected chi connectivity index (χ4v) is 2.70. The highest BCUT2D eigenvalue weighted by atomic mass is 35.5. The molecule has 3 aromatic rings. The van der Waals surface area contributed by atoms with E-state index in [1.807, 2.05) is 42.5 Å². The van der Waals surface area contributed by atoms with Crippen LogP contribution in [-0.4, -0.2) is 33.1 Å². The molecule has 2 N–H and O–H groups in total. The van der Waals surface area contributed by atoms with Crippen LogP contribution in [0.25, 0.3) is 0 Å². The minimum absolute atomic E-state index is 0.123. The first-order valence-electron chi connectivity index (χ1n) is 7.98. The normalized spacial score (nSPS) is 10.9. The van der Waals surface area contributed by atoms with Gasteiger partial charge in [0.05, 0.1) is 12.0 Å². The van der Waals surface area contributed by atoms with Crippen LogP contribution in [0.4, 0.5) is 5.95 Å². The number of ether oxygens (including phenoxy) is 1. The zero-order valence-corrected chi connectivity index (χ0v) is 15.7. The third kappa shape index (κ3) is 6.43. The van der Waals surface area contributed by atoms with Crippen molar-refractivity contribution in [3.8, 4) is 0 Å². The second-order valence-corrected chi connectivity index (χ2v) is 6.70. The number of rotatable bonds is 8. The number of hydrazone groups is 1. The lowest BCUT2D eigenvalue weighted by molar-refractivity contribution is -0.141. The fraction of sp³-hybridized carbons (Fsp3) is 0.111. The van der Waals surface area contributed by atoms with Gasteiger partial charge in [0.25, 0.3) is 0 Å². The number of nitrogens with zero attached hydrogens (tertiary/aromatic N) is 3. The lowest BCUT2D eigenvalue weighted by Gasteiger charge is -2.03. The number of hydrogen-bond acceptors (Lipinski definition) is 7. The van der Waals surface area contributed by atoms with Crippen LogP contribution in [0.3, 0.4) is 0 Å². The summed E-state index contributed by atoms with van der Waals surface area (Å²) in [6.07, 6.45) is 1.63. The zero-order chi connectivity index (χ0) is 18.9. The Morgan fingerprint density at radius 1 is 1.22 bits per heavy atom. The fourth-order valence-electron chi connectivity index (χ4n) is 1.98. The molecule has 0 saturated carbocycles. The predicted octanol–water partition coefficient (Wildman–Crippen LogP) is 3.74. The third-order valence-electron chi connectivity index (χ3n) is 3.28. The number of halogens is 1. The molecule has 0 spiro atoms. The summed E-state index contributed by atoms with van der Waals surface area (Å²) in [7, 11) is 0. The molecule has 0 atom stereocenters. The van der Waals surface area contributed by atoms with Crippen molar-refractivity contribution in [1.82, 2.24) is 15.2 Å². The zero-order valence-electron chi connectivity index (χ0n) is 14.1. The number of benzene rings is 2.